The van der Waals surface area contributed by atoms with Crippen molar-refractivity contribution < 1.29 is 149 Å². The highest BCUT2D eigenvalue weighted by atomic mass is 31.2. The summed E-state index contributed by atoms with van der Waals surface area (Å²) >= 11 is 0. The molecule has 0 saturated carbocycles. The summed E-state index contributed by atoms with van der Waals surface area (Å²) in [6.45, 7) is 15.0. The Morgan fingerprint density at radius 3 is 0.822 bits per heavy atom. The largest absolute Gasteiger partial charge is 0.472 e. The summed E-state index contributed by atoms with van der Waals surface area (Å²) in [6.07, 6.45) is 13.3. The SMILES string of the molecule is CCCCOP(=O)(O)OC(COCC(CCC)(CCC)CCC)COP(=O)(O)OCC(C)(COP(=O)(O)OCCCCCCO)COP(=O)(O)OCC(COCC(CCC)(CCC)CCC)OP(=O)(O)OCCCOP(=O)(O)OCC(COCC(CCC)(CCC)CCC)OP(=O)(O)OCC. The molecule has 0 fully saturated rings. The van der Waals surface area contributed by atoms with Crippen molar-refractivity contribution in [1.29, 1.82) is 0 Å². The molecule has 8 N–H and O–H groups in total. The minimum atomic E-state index is -5.37. The van der Waals surface area contributed by atoms with Crippen LogP contribution >= 0.6 is 54.8 Å². The van der Waals surface area contributed by atoms with E-state index in [2.05, 4.69) is 41.5 Å². The highest BCUT2D eigenvalue weighted by molar-refractivity contribution is 7.49. The van der Waals surface area contributed by atoms with Crippen molar-refractivity contribution in [3.05, 3.63) is 0 Å². The Balaban J connectivity index is 6.76. The molecule has 0 spiro atoms. The first-order chi connectivity index (χ1) is 47.4. The zero-order valence-electron chi connectivity index (χ0n) is 62.6. The minimum Gasteiger partial charge on any atom is -0.396 e. The average Bonchev–Trinajstić information content (AvgIpc) is 0.899. The molecule has 101 heavy (non-hydrogen) atoms. The molecule has 0 heterocycles. The van der Waals surface area contributed by atoms with Crippen molar-refractivity contribution >= 4 is 54.8 Å². The van der Waals surface area contributed by atoms with Crippen LogP contribution in [0.4, 0.5) is 0 Å². The number of ether oxygens (including phenoxy) is 3. The second-order valence-corrected chi connectivity index (χ2v) is 36.4. The molecule has 11 atom stereocenters. The highest BCUT2D eigenvalue weighted by Gasteiger charge is 2.41. The lowest BCUT2D eigenvalue weighted by molar-refractivity contribution is -0.0412. The Bertz CT molecular complexity index is 2420. The van der Waals surface area contributed by atoms with Crippen LogP contribution in [0.15, 0.2) is 0 Å². The normalized spacial score (nSPS) is 18.5. The van der Waals surface area contributed by atoms with Gasteiger partial charge in [-0.15, -0.1) is 0 Å². The second kappa shape index (κ2) is 54.3. The van der Waals surface area contributed by atoms with E-state index in [-0.39, 0.29) is 82.1 Å². The van der Waals surface area contributed by atoms with E-state index in [4.69, 9.17) is 82.6 Å². The van der Waals surface area contributed by atoms with Crippen molar-refractivity contribution in [1.82, 2.24) is 0 Å². The van der Waals surface area contributed by atoms with Gasteiger partial charge in [0.1, 0.15) is 18.3 Å². The van der Waals surface area contributed by atoms with Gasteiger partial charge >= 0.3 is 54.8 Å². The molecule has 32 nitrogen and oxygen atoms in total. The molecule has 0 aliphatic carbocycles. The van der Waals surface area contributed by atoms with Crippen molar-refractivity contribution in [2.75, 3.05) is 119 Å². The predicted octanol–water partition coefficient (Wildman–Crippen LogP) is 16.0. The number of phosphoric acid groups is 7. The van der Waals surface area contributed by atoms with Gasteiger partial charge in [-0.2, -0.15) is 0 Å². The van der Waals surface area contributed by atoms with E-state index in [9.17, 15) is 66.2 Å². The van der Waals surface area contributed by atoms with Gasteiger partial charge in [-0.3, -0.25) is 63.3 Å². The van der Waals surface area contributed by atoms with Crippen LogP contribution in [0.3, 0.4) is 0 Å². The molecule has 0 bridgehead atoms. The molecule has 0 rings (SSSR count). The van der Waals surface area contributed by atoms with Crippen LogP contribution in [-0.2, 0) is 109 Å². The number of rotatable bonds is 73. The molecule has 0 saturated heterocycles. The van der Waals surface area contributed by atoms with Gasteiger partial charge in [0.05, 0.1) is 112 Å². The quantitative estimate of drug-likeness (QED) is 0.0207. The van der Waals surface area contributed by atoms with Crippen molar-refractivity contribution in [2.24, 2.45) is 21.7 Å². The van der Waals surface area contributed by atoms with Gasteiger partial charge in [0, 0.05) is 12.0 Å². The predicted molar refractivity (Wildman–Crippen MR) is 382 cm³/mol. The molecule has 0 amide bonds. The zero-order chi connectivity index (χ0) is 76.7. The maximum Gasteiger partial charge on any atom is 0.472 e. The molecule has 0 radical (unpaired) electrons. The topological polar surface area (TPSA) is 438 Å². The lowest BCUT2D eigenvalue weighted by Gasteiger charge is -2.34. The maximum atomic E-state index is 13.9. The third-order valence-corrected chi connectivity index (χ3v) is 23.3. The van der Waals surface area contributed by atoms with E-state index >= 15 is 0 Å². The third kappa shape index (κ3) is 49.5. The van der Waals surface area contributed by atoms with Crippen LogP contribution < -0.4 is 0 Å². The van der Waals surface area contributed by atoms with Crippen molar-refractivity contribution in [3.63, 3.8) is 0 Å². The molecule has 0 aliphatic rings. The van der Waals surface area contributed by atoms with Crippen LogP contribution in [-0.4, -0.2) is 177 Å². The average molecular weight is 1610 g/mol. The molecule has 0 aromatic heterocycles. The molecular weight excluding hydrogens is 1470 g/mol. The molecule has 0 aromatic rings. The summed E-state index contributed by atoms with van der Waals surface area (Å²) in [5.41, 5.74) is -2.65. The Hall–Kier alpha value is 0.610. The van der Waals surface area contributed by atoms with Crippen molar-refractivity contribution in [2.45, 2.75) is 262 Å². The molecule has 39 heteroatoms. The first kappa shape index (κ1) is 102. The Labute approximate surface area is 603 Å². The fraction of sp³-hybridized carbons (Fsp3) is 1.00. The summed E-state index contributed by atoms with van der Waals surface area (Å²) in [4.78, 5) is 75.5. The van der Waals surface area contributed by atoms with E-state index < -0.39 is 138 Å². The number of hydrogen-bond donors (Lipinski definition) is 8. The van der Waals surface area contributed by atoms with Crippen LogP contribution in [0.2, 0.25) is 0 Å². The van der Waals surface area contributed by atoms with Gasteiger partial charge in [-0.05, 0) is 107 Å². The van der Waals surface area contributed by atoms with E-state index in [0.29, 0.717) is 38.5 Å². The van der Waals surface area contributed by atoms with Crippen molar-refractivity contribution in [3.8, 4) is 0 Å². The van der Waals surface area contributed by atoms with Gasteiger partial charge in [-0.25, -0.2) is 32.0 Å². The number of aliphatic hydroxyl groups excluding tert-OH is 1. The van der Waals surface area contributed by atoms with E-state index in [1.165, 1.54) is 13.8 Å². The fourth-order valence-corrected chi connectivity index (χ4v) is 18.2. The molecule has 608 valence electrons. The third-order valence-electron chi connectivity index (χ3n) is 16.2. The van der Waals surface area contributed by atoms with Crippen LogP contribution in [0, 0.1) is 21.7 Å². The van der Waals surface area contributed by atoms with Gasteiger partial charge < -0.3 is 53.6 Å². The number of unbranched alkanes of at least 4 members (excludes halogenated alkanes) is 4. The lowest BCUT2D eigenvalue weighted by Crippen LogP contribution is -2.34. The van der Waals surface area contributed by atoms with Gasteiger partial charge in [0.15, 0.2) is 0 Å². The highest BCUT2D eigenvalue weighted by Crippen LogP contribution is 2.53. The van der Waals surface area contributed by atoms with Gasteiger partial charge in [0.25, 0.3) is 0 Å². The standard InChI is InChI=1S/C62H133O32P7/c1-13-24-40-84-100(74,75)93-57(45-79-54-61(33-17-5,34-18-6)35-19-7)48-87-97(68,69)90-51-59(12,50-89-96(66,67)82-41-28-26-25-27-39-63)52-91-98(70,71)88-49-58(46-80-55-62(36-20-8,37-21-9)38-22-10)94-101(76,77)85-43-29-42-83-95(64,65)86-47-56(92-99(72,73)81-23-11)44-78-53-60(30-14-2,31-15-3)32-16-4/h56-58,63H,13-55H2,1-12H3,(H,64,65)(H,66,67)(H,68,69)(H,70,71)(H,72,73)(H,74,75)(H,76,77). The number of hydrogen-bond acceptors (Lipinski definition) is 25. The maximum absolute atomic E-state index is 13.9. The molecule has 11 unspecified atom stereocenters. The Morgan fingerprint density at radius 2 is 0.535 bits per heavy atom. The Morgan fingerprint density at radius 1 is 0.277 bits per heavy atom. The summed E-state index contributed by atoms with van der Waals surface area (Å²) in [5, 5.41) is 9.12. The van der Waals surface area contributed by atoms with Crippen LogP contribution in [0.1, 0.15) is 244 Å². The number of phosphoric ester groups is 7. The van der Waals surface area contributed by atoms with E-state index in [1.54, 1.807) is 0 Å². The summed E-state index contributed by atoms with van der Waals surface area (Å²) < 4.78 is 185. The fourth-order valence-electron chi connectivity index (χ4n) is 11.9. The summed E-state index contributed by atoms with van der Waals surface area (Å²) in [6, 6.07) is 0. The van der Waals surface area contributed by atoms with Gasteiger partial charge in [0.2, 0.25) is 0 Å². The zero-order valence-corrected chi connectivity index (χ0v) is 68.9. The van der Waals surface area contributed by atoms with Crippen LogP contribution in [0.25, 0.3) is 0 Å². The first-order valence-corrected chi connectivity index (χ1v) is 46.7. The molecular formula is C62H133O32P7. The summed E-state index contributed by atoms with van der Waals surface area (Å²) in [7, 11) is -35.1. The smallest absolute Gasteiger partial charge is 0.396 e. The first-order valence-electron chi connectivity index (χ1n) is 36.2. The van der Waals surface area contributed by atoms with E-state index in [0.717, 1.165) is 116 Å². The Kier molecular flexibility index (Phi) is 54.6. The second-order valence-electron chi connectivity index (χ2n) is 26.4. The number of aliphatic hydroxyl groups is 1. The van der Waals surface area contributed by atoms with Crippen LogP contribution in [0.5, 0.6) is 0 Å². The van der Waals surface area contributed by atoms with E-state index in [1.807, 2.05) is 27.7 Å². The minimum absolute atomic E-state index is 0.0488. The molecule has 0 aliphatic heterocycles. The lowest BCUT2D eigenvalue weighted by atomic mass is 9.76. The monoisotopic (exact) mass is 1610 g/mol. The summed E-state index contributed by atoms with van der Waals surface area (Å²) in [5.74, 6) is 0. The molecule has 0 aromatic carbocycles. The van der Waals surface area contributed by atoms with Gasteiger partial charge in [-0.1, -0.05) is 153 Å².